The number of piperidine rings is 1. The Hall–Kier alpha value is -0.120. The third kappa shape index (κ3) is 4.07. The van der Waals surface area contributed by atoms with E-state index in [-0.39, 0.29) is 12.6 Å². The van der Waals surface area contributed by atoms with Gasteiger partial charge < -0.3 is 15.7 Å². The fourth-order valence-corrected chi connectivity index (χ4v) is 2.05. The van der Waals surface area contributed by atoms with Gasteiger partial charge in [-0.15, -0.1) is 0 Å². The van der Waals surface area contributed by atoms with E-state index in [0.717, 1.165) is 12.3 Å². The molecule has 0 aliphatic carbocycles. The van der Waals surface area contributed by atoms with E-state index in [4.69, 9.17) is 10.8 Å². The molecule has 1 rings (SSSR count). The molecule has 3 heteroatoms. The maximum absolute atomic E-state index is 8.78. The quantitative estimate of drug-likeness (QED) is 0.669. The first-order chi connectivity index (χ1) is 6.22. The van der Waals surface area contributed by atoms with Gasteiger partial charge in [0, 0.05) is 12.6 Å². The molecule has 13 heavy (non-hydrogen) atoms. The molecule has 3 nitrogen and oxygen atoms in total. The first-order valence-corrected chi connectivity index (χ1v) is 5.27. The standard InChI is InChI=1S/C10H22N2O/c1-12-6-2-3-9(7-12)4-5-10(11)8-13/h9-10,13H,2-8,11H2,1H3. The summed E-state index contributed by atoms with van der Waals surface area (Å²) >= 11 is 0. The number of rotatable bonds is 4. The van der Waals surface area contributed by atoms with Gasteiger partial charge in [0.2, 0.25) is 0 Å². The van der Waals surface area contributed by atoms with Crippen molar-refractivity contribution in [3.63, 3.8) is 0 Å². The third-order valence-corrected chi connectivity index (χ3v) is 2.90. The minimum Gasteiger partial charge on any atom is -0.395 e. The summed E-state index contributed by atoms with van der Waals surface area (Å²) in [6.45, 7) is 2.57. The minimum absolute atomic E-state index is 0.00719. The van der Waals surface area contributed by atoms with E-state index in [1.165, 1.54) is 32.4 Å². The molecule has 1 fully saturated rings. The Bertz CT molecular complexity index is 141. The van der Waals surface area contributed by atoms with Crippen LogP contribution in [0.25, 0.3) is 0 Å². The van der Waals surface area contributed by atoms with Gasteiger partial charge in [0.15, 0.2) is 0 Å². The van der Waals surface area contributed by atoms with Crippen LogP contribution in [0, 0.1) is 5.92 Å². The summed E-state index contributed by atoms with van der Waals surface area (Å²) in [4.78, 5) is 2.39. The van der Waals surface area contributed by atoms with Gasteiger partial charge in [-0.05, 0) is 45.2 Å². The fraction of sp³-hybridized carbons (Fsp3) is 1.00. The lowest BCUT2D eigenvalue weighted by atomic mass is 9.92. The van der Waals surface area contributed by atoms with E-state index < -0.39 is 0 Å². The monoisotopic (exact) mass is 186 g/mol. The van der Waals surface area contributed by atoms with Crippen molar-refractivity contribution in [2.75, 3.05) is 26.7 Å². The lowest BCUT2D eigenvalue weighted by Crippen LogP contribution is -2.33. The SMILES string of the molecule is CN1CCCC(CCC(N)CO)C1. The molecule has 78 valence electrons. The maximum Gasteiger partial charge on any atom is 0.0582 e. The Morgan fingerprint density at radius 1 is 1.62 bits per heavy atom. The zero-order chi connectivity index (χ0) is 9.68. The molecule has 1 saturated heterocycles. The van der Waals surface area contributed by atoms with Crippen LogP contribution in [0.5, 0.6) is 0 Å². The van der Waals surface area contributed by atoms with Crippen molar-refractivity contribution < 1.29 is 5.11 Å². The predicted octanol–water partition coefficient (Wildman–Crippen LogP) is 0.428. The average Bonchev–Trinajstić information content (AvgIpc) is 2.14. The number of aliphatic hydroxyl groups excluding tert-OH is 1. The molecule has 2 atom stereocenters. The van der Waals surface area contributed by atoms with Crippen LogP contribution in [0.2, 0.25) is 0 Å². The van der Waals surface area contributed by atoms with Crippen LogP contribution in [0.3, 0.4) is 0 Å². The molecule has 1 aliphatic heterocycles. The van der Waals surface area contributed by atoms with E-state index in [2.05, 4.69) is 11.9 Å². The average molecular weight is 186 g/mol. The highest BCUT2D eigenvalue weighted by molar-refractivity contribution is 4.72. The number of aliphatic hydroxyl groups is 1. The van der Waals surface area contributed by atoms with Crippen LogP contribution in [-0.2, 0) is 0 Å². The molecule has 0 aromatic heterocycles. The lowest BCUT2D eigenvalue weighted by molar-refractivity contribution is 0.189. The van der Waals surface area contributed by atoms with Crippen LogP contribution < -0.4 is 5.73 Å². The molecule has 0 radical (unpaired) electrons. The Morgan fingerprint density at radius 3 is 3.00 bits per heavy atom. The highest BCUT2D eigenvalue weighted by Gasteiger charge is 2.17. The van der Waals surface area contributed by atoms with Crippen LogP contribution in [0.1, 0.15) is 25.7 Å². The summed E-state index contributed by atoms with van der Waals surface area (Å²) in [5, 5.41) is 8.78. The topological polar surface area (TPSA) is 49.5 Å². The van der Waals surface area contributed by atoms with Crippen LogP contribution >= 0.6 is 0 Å². The van der Waals surface area contributed by atoms with Gasteiger partial charge in [-0.3, -0.25) is 0 Å². The van der Waals surface area contributed by atoms with Gasteiger partial charge >= 0.3 is 0 Å². The largest absolute Gasteiger partial charge is 0.395 e. The number of likely N-dealkylation sites (tertiary alicyclic amines) is 1. The smallest absolute Gasteiger partial charge is 0.0582 e. The summed E-state index contributed by atoms with van der Waals surface area (Å²) in [5.41, 5.74) is 5.66. The fourth-order valence-electron chi connectivity index (χ4n) is 2.05. The van der Waals surface area contributed by atoms with E-state index in [9.17, 15) is 0 Å². The molecule has 0 aromatic rings. The Kier molecular flexibility index (Phi) is 4.70. The molecule has 0 aromatic carbocycles. The normalized spacial score (nSPS) is 27.5. The first kappa shape index (κ1) is 11.0. The number of nitrogens with zero attached hydrogens (tertiary/aromatic N) is 1. The minimum atomic E-state index is -0.00719. The van der Waals surface area contributed by atoms with E-state index in [1.807, 2.05) is 0 Å². The van der Waals surface area contributed by atoms with Crippen molar-refractivity contribution in [2.24, 2.45) is 11.7 Å². The number of nitrogens with two attached hydrogens (primary N) is 1. The molecule has 0 bridgehead atoms. The second kappa shape index (κ2) is 5.58. The van der Waals surface area contributed by atoms with Gasteiger partial charge in [-0.25, -0.2) is 0 Å². The molecule has 1 aliphatic rings. The molecule has 0 amide bonds. The zero-order valence-corrected chi connectivity index (χ0v) is 8.58. The van der Waals surface area contributed by atoms with Crippen molar-refractivity contribution in [1.29, 1.82) is 0 Å². The van der Waals surface area contributed by atoms with Crippen molar-refractivity contribution in [1.82, 2.24) is 4.90 Å². The van der Waals surface area contributed by atoms with Gasteiger partial charge in [0.05, 0.1) is 6.61 Å². The van der Waals surface area contributed by atoms with Crippen molar-refractivity contribution in [3.8, 4) is 0 Å². The number of hydrogen-bond donors (Lipinski definition) is 2. The predicted molar refractivity (Wildman–Crippen MR) is 54.5 cm³/mol. The Labute approximate surface area is 80.9 Å². The molecule has 0 spiro atoms. The highest BCUT2D eigenvalue weighted by atomic mass is 16.3. The summed E-state index contributed by atoms with van der Waals surface area (Å²) in [5.74, 6) is 0.802. The zero-order valence-electron chi connectivity index (χ0n) is 8.58. The van der Waals surface area contributed by atoms with E-state index in [1.54, 1.807) is 0 Å². The second-order valence-corrected chi connectivity index (χ2v) is 4.29. The Balaban J connectivity index is 2.13. The summed E-state index contributed by atoms with van der Waals surface area (Å²) in [6.07, 6.45) is 4.79. The molecule has 3 N–H and O–H groups in total. The second-order valence-electron chi connectivity index (χ2n) is 4.29. The summed E-state index contributed by atoms with van der Waals surface area (Å²) < 4.78 is 0. The van der Waals surface area contributed by atoms with E-state index >= 15 is 0 Å². The van der Waals surface area contributed by atoms with Gasteiger partial charge in [0.25, 0.3) is 0 Å². The lowest BCUT2D eigenvalue weighted by Gasteiger charge is -2.30. The highest BCUT2D eigenvalue weighted by Crippen LogP contribution is 2.20. The number of hydrogen-bond acceptors (Lipinski definition) is 3. The first-order valence-electron chi connectivity index (χ1n) is 5.27. The Morgan fingerprint density at radius 2 is 2.38 bits per heavy atom. The van der Waals surface area contributed by atoms with Crippen molar-refractivity contribution in [2.45, 2.75) is 31.7 Å². The summed E-state index contributed by atoms with van der Waals surface area (Å²) in [7, 11) is 2.18. The molecule has 2 unspecified atom stereocenters. The molecular formula is C10H22N2O. The molecule has 0 saturated carbocycles. The van der Waals surface area contributed by atoms with Gasteiger partial charge in [-0.1, -0.05) is 0 Å². The van der Waals surface area contributed by atoms with Crippen molar-refractivity contribution >= 4 is 0 Å². The van der Waals surface area contributed by atoms with Crippen LogP contribution in [0.15, 0.2) is 0 Å². The van der Waals surface area contributed by atoms with Crippen molar-refractivity contribution in [3.05, 3.63) is 0 Å². The van der Waals surface area contributed by atoms with Gasteiger partial charge in [-0.2, -0.15) is 0 Å². The molecular weight excluding hydrogens is 164 g/mol. The van der Waals surface area contributed by atoms with E-state index in [0.29, 0.717) is 0 Å². The van der Waals surface area contributed by atoms with Crippen LogP contribution in [0.4, 0.5) is 0 Å². The van der Waals surface area contributed by atoms with Gasteiger partial charge in [0.1, 0.15) is 0 Å². The third-order valence-electron chi connectivity index (χ3n) is 2.90. The maximum atomic E-state index is 8.78. The summed E-state index contributed by atoms with van der Waals surface area (Å²) in [6, 6.07) is -0.00719. The molecule has 1 heterocycles. The van der Waals surface area contributed by atoms with Crippen LogP contribution in [-0.4, -0.2) is 42.8 Å².